The molecule has 166 valence electrons. The number of rotatable bonds is 8. The van der Waals surface area contributed by atoms with Crippen LogP contribution in [-0.2, 0) is 22.5 Å². The van der Waals surface area contributed by atoms with Gasteiger partial charge in [0.05, 0.1) is 30.9 Å². The molecule has 0 atom stereocenters. The summed E-state index contributed by atoms with van der Waals surface area (Å²) in [5.41, 5.74) is 3.24. The molecular formula is C26H35N2O3+. The Morgan fingerprint density at radius 2 is 1.65 bits per heavy atom. The first-order valence-electron chi connectivity index (χ1n) is 11.5. The summed E-state index contributed by atoms with van der Waals surface area (Å²) in [6.45, 7) is 7.39. The Hall–Kier alpha value is -2.66. The van der Waals surface area contributed by atoms with Gasteiger partial charge in [0.25, 0.3) is 5.91 Å². The van der Waals surface area contributed by atoms with Crippen LogP contribution in [-0.4, -0.2) is 42.6 Å². The van der Waals surface area contributed by atoms with E-state index in [0.717, 1.165) is 48.9 Å². The van der Waals surface area contributed by atoms with Gasteiger partial charge in [0, 0.05) is 5.56 Å². The van der Waals surface area contributed by atoms with Crippen LogP contribution < -0.4 is 5.32 Å². The van der Waals surface area contributed by atoms with Crippen molar-refractivity contribution >= 4 is 17.6 Å². The summed E-state index contributed by atoms with van der Waals surface area (Å²) in [5.74, 6) is -0.430. The van der Waals surface area contributed by atoms with E-state index < -0.39 is 5.97 Å². The summed E-state index contributed by atoms with van der Waals surface area (Å²) in [7, 11) is 0. The second-order valence-corrected chi connectivity index (χ2v) is 8.47. The average Bonchev–Trinajstić information content (AvgIpc) is 3.00. The zero-order chi connectivity index (χ0) is 22.1. The molecule has 0 aliphatic carbocycles. The molecule has 2 aromatic carbocycles. The number of hydrogen-bond acceptors (Lipinski definition) is 3. The number of benzene rings is 2. The van der Waals surface area contributed by atoms with E-state index in [9.17, 15) is 9.59 Å². The molecule has 0 aromatic heterocycles. The van der Waals surface area contributed by atoms with Crippen LogP contribution in [0.2, 0.25) is 0 Å². The highest BCUT2D eigenvalue weighted by Crippen LogP contribution is 2.26. The molecule has 1 amide bonds. The summed E-state index contributed by atoms with van der Waals surface area (Å²) in [4.78, 5) is 25.8. The minimum Gasteiger partial charge on any atom is -0.462 e. The predicted octanol–water partition coefficient (Wildman–Crippen LogP) is 4.96. The van der Waals surface area contributed by atoms with Gasteiger partial charge in [-0.25, -0.2) is 4.79 Å². The Bertz CT molecular complexity index is 871. The maximum Gasteiger partial charge on any atom is 0.340 e. The number of aryl methyl sites for hydroxylation is 1. The van der Waals surface area contributed by atoms with E-state index in [2.05, 4.69) is 29.6 Å². The summed E-state index contributed by atoms with van der Waals surface area (Å²) in [5, 5.41) is 3.09. The number of carbonyl (C=O) groups excluding carboxylic acids is 2. The van der Waals surface area contributed by atoms with Crippen molar-refractivity contribution in [3.05, 3.63) is 65.2 Å². The third kappa shape index (κ3) is 6.17. The molecule has 5 heteroatoms. The fraction of sp³-hybridized carbons (Fsp3) is 0.462. The number of hydrogen-bond donors (Lipinski definition) is 1. The van der Waals surface area contributed by atoms with Gasteiger partial charge in [-0.05, 0) is 50.7 Å². The van der Waals surface area contributed by atoms with Crippen LogP contribution in [0.5, 0.6) is 0 Å². The van der Waals surface area contributed by atoms with Crippen LogP contribution in [0.25, 0.3) is 0 Å². The smallest absolute Gasteiger partial charge is 0.340 e. The van der Waals surface area contributed by atoms with Crippen LogP contribution in [0.1, 0.15) is 61.0 Å². The molecule has 5 nitrogen and oxygen atoms in total. The van der Waals surface area contributed by atoms with Gasteiger partial charge in [-0.15, -0.1) is 0 Å². The molecule has 3 rings (SSSR count). The van der Waals surface area contributed by atoms with Gasteiger partial charge in [-0.2, -0.15) is 0 Å². The number of anilines is 1. The van der Waals surface area contributed by atoms with E-state index in [1.54, 1.807) is 13.0 Å². The van der Waals surface area contributed by atoms with Crippen molar-refractivity contribution in [1.29, 1.82) is 0 Å². The summed E-state index contributed by atoms with van der Waals surface area (Å²) < 4.78 is 5.98. The van der Waals surface area contributed by atoms with Gasteiger partial charge in [-0.1, -0.05) is 49.4 Å². The van der Waals surface area contributed by atoms with Gasteiger partial charge in [0.1, 0.15) is 6.54 Å². The lowest BCUT2D eigenvalue weighted by molar-refractivity contribution is -0.932. The topological polar surface area (TPSA) is 55.4 Å². The van der Waals surface area contributed by atoms with Gasteiger partial charge in [0.15, 0.2) is 6.54 Å². The molecule has 1 aliphatic rings. The van der Waals surface area contributed by atoms with Crippen molar-refractivity contribution < 1.29 is 18.8 Å². The monoisotopic (exact) mass is 423 g/mol. The Kier molecular flexibility index (Phi) is 8.24. The minimum atomic E-state index is -0.393. The molecule has 1 heterocycles. The molecule has 31 heavy (non-hydrogen) atoms. The Balaban J connectivity index is 1.83. The second-order valence-electron chi connectivity index (χ2n) is 8.47. The number of ether oxygens (including phenoxy) is 1. The van der Waals surface area contributed by atoms with Gasteiger partial charge in [-0.3, -0.25) is 4.79 Å². The first-order chi connectivity index (χ1) is 15.1. The summed E-state index contributed by atoms with van der Waals surface area (Å²) in [6, 6.07) is 16.0. The van der Waals surface area contributed by atoms with Gasteiger partial charge >= 0.3 is 5.97 Å². The minimum absolute atomic E-state index is 0.0377. The summed E-state index contributed by atoms with van der Waals surface area (Å²) >= 11 is 0. The molecular weight excluding hydrogens is 388 g/mol. The third-order valence-corrected chi connectivity index (χ3v) is 6.15. The van der Waals surface area contributed by atoms with Crippen LogP contribution >= 0.6 is 0 Å². The lowest BCUT2D eigenvalue weighted by Crippen LogP contribution is -2.52. The van der Waals surface area contributed by atoms with Crippen molar-refractivity contribution in [2.75, 3.05) is 31.6 Å². The standard InChI is InChI=1S/C26H34N2O3/c1-3-22-15-12-16-23(26(30)31-4-2)25(22)27-24(29)20-28(17-10-5-6-11-18-28)19-21-13-8-7-9-14-21/h7-9,12-16H,3-6,10-11,17-20H2,1-2H3/p+1. The lowest BCUT2D eigenvalue weighted by atomic mass is 10.0. The second kappa shape index (κ2) is 11.1. The first-order valence-corrected chi connectivity index (χ1v) is 11.5. The van der Waals surface area contributed by atoms with Crippen molar-refractivity contribution in [3.8, 4) is 0 Å². The SMILES string of the molecule is CCOC(=O)c1cccc(CC)c1NC(=O)C[N+]1(Cc2ccccc2)CCCCCC1. The lowest BCUT2D eigenvalue weighted by Gasteiger charge is -2.37. The summed E-state index contributed by atoms with van der Waals surface area (Å²) in [6.07, 6.45) is 5.45. The molecule has 0 spiro atoms. The number of likely N-dealkylation sites (tertiary alicyclic amines) is 1. The van der Waals surface area contributed by atoms with E-state index in [1.807, 2.05) is 25.1 Å². The molecule has 1 saturated heterocycles. The van der Waals surface area contributed by atoms with E-state index in [0.29, 0.717) is 24.4 Å². The Labute approximate surface area is 186 Å². The number of esters is 1. The molecule has 1 aliphatic heterocycles. The number of quaternary nitrogens is 1. The van der Waals surface area contributed by atoms with Crippen molar-refractivity contribution in [3.63, 3.8) is 0 Å². The van der Waals surface area contributed by atoms with E-state index in [1.165, 1.54) is 18.4 Å². The highest BCUT2D eigenvalue weighted by Gasteiger charge is 2.32. The zero-order valence-corrected chi connectivity index (χ0v) is 18.9. The van der Waals surface area contributed by atoms with Crippen LogP contribution in [0.15, 0.2) is 48.5 Å². The number of carbonyl (C=O) groups is 2. The molecule has 0 unspecified atom stereocenters. The molecule has 2 aromatic rings. The van der Waals surface area contributed by atoms with E-state index in [4.69, 9.17) is 4.74 Å². The van der Waals surface area contributed by atoms with Crippen molar-refractivity contribution in [1.82, 2.24) is 0 Å². The number of nitrogens with one attached hydrogen (secondary N) is 1. The Morgan fingerprint density at radius 3 is 2.29 bits per heavy atom. The highest BCUT2D eigenvalue weighted by atomic mass is 16.5. The fourth-order valence-corrected chi connectivity index (χ4v) is 4.61. The van der Waals surface area contributed by atoms with Crippen molar-refractivity contribution in [2.24, 2.45) is 0 Å². The number of nitrogens with zero attached hydrogens (tertiary/aromatic N) is 1. The first kappa shape index (κ1) is 23.0. The van der Waals surface area contributed by atoms with E-state index in [-0.39, 0.29) is 5.91 Å². The molecule has 0 bridgehead atoms. The van der Waals surface area contributed by atoms with Crippen LogP contribution in [0, 0.1) is 0 Å². The molecule has 1 N–H and O–H groups in total. The molecule has 0 saturated carbocycles. The molecule has 0 radical (unpaired) electrons. The van der Waals surface area contributed by atoms with Crippen LogP contribution in [0.4, 0.5) is 5.69 Å². The van der Waals surface area contributed by atoms with Crippen molar-refractivity contribution in [2.45, 2.75) is 52.5 Å². The predicted molar refractivity (Wildman–Crippen MR) is 124 cm³/mol. The number of amides is 1. The maximum absolute atomic E-state index is 13.3. The third-order valence-electron chi connectivity index (χ3n) is 6.15. The zero-order valence-electron chi connectivity index (χ0n) is 18.9. The van der Waals surface area contributed by atoms with Gasteiger partial charge < -0.3 is 14.5 Å². The largest absolute Gasteiger partial charge is 0.462 e. The normalized spacial score (nSPS) is 15.7. The molecule has 1 fully saturated rings. The average molecular weight is 424 g/mol. The van der Waals surface area contributed by atoms with Gasteiger partial charge in [0.2, 0.25) is 0 Å². The van der Waals surface area contributed by atoms with E-state index >= 15 is 0 Å². The Morgan fingerprint density at radius 1 is 0.935 bits per heavy atom. The number of para-hydroxylation sites is 1. The maximum atomic E-state index is 13.3. The fourth-order valence-electron chi connectivity index (χ4n) is 4.61. The quantitative estimate of drug-likeness (QED) is 0.482. The highest BCUT2D eigenvalue weighted by molar-refractivity contribution is 6.02. The van der Waals surface area contributed by atoms with Crippen LogP contribution in [0.3, 0.4) is 0 Å².